The Labute approximate surface area is 529 Å². The predicted octanol–water partition coefficient (Wildman–Crippen LogP) is 17.3. The third-order valence-corrected chi connectivity index (χ3v) is 49.6. The van der Waals surface area contributed by atoms with Crippen molar-refractivity contribution in [3.05, 3.63) is 123 Å². The molecule has 0 unspecified atom stereocenters. The smallest absolute Gasteiger partial charge is 0.157 e. The maximum atomic E-state index is 18.7. The summed E-state index contributed by atoms with van der Waals surface area (Å²) in [4.78, 5) is 1.37. The molecule has 0 heterocycles. The molecule has 0 radical (unpaired) electrons. The molecule has 0 bridgehead atoms. The zero-order valence-corrected chi connectivity index (χ0v) is 61.4. The lowest BCUT2D eigenvalue weighted by molar-refractivity contribution is -0.786. The topological polar surface area (TPSA) is 4.44 Å². The van der Waals surface area contributed by atoms with Crippen molar-refractivity contribution in [1.82, 2.24) is 0 Å². The second kappa shape index (κ2) is 28.4. The van der Waals surface area contributed by atoms with Gasteiger partial charge in [0.15, 0.2) is 46.5 Å². The van der Waals surface area contributed by atoms with E-state index >= 15 is 70.2 Å². The first-order valence-corrected chi connectivity index (χ1v) is 40.6. The summed E-state index contributed by atoms with van der Waals surface area (Å²) >= 11 is 0. The number of hydrogen-bond acceptors (Lipinski definition) is 0. The molecule has 5 rings (SSSR count). The van der Waals surface area contributed by atoms with Crippen molar-refractivity contribution in [2.24, 2.45) is 0 Å². The maximum absolute atomic E-state index is 18.7. The zero-order chi connectivity index (χ0) is 70.0. The molecule has 90 heavy (non-hydrogen) atoms. The van der Waals surface area contributed by atoms with Crippen molar-refractivity contribution in [2.45, 2.75) is 233 Å². The first kappa shape index (κ1) is 78.3. The van der Waals surface area contributed by atoms with Crippen LogP contribution < -0.4 is 47.5 Å². The largest absolute Gasteiger partial charge is 0.307 e. The summed E-state index contributed by atoms with van der Waals surface area (Å²) in [6, 6.07) is 10.4. The molecule has 5 aromatic carbocycles. The van der Waals surface area contributed by atoms with Crippen LogP contribution in [0.3, 0.4) is 0 Å². The fourth-order valence-electron chi connectivity index (χ4n) is 18.7. The average Bonchev–Trinajstić information content (AvgIpc) is 0.676. The summed E-state index contributed by atoms with van der Waals surface area (Å²) in [7, 11) is -12.5. The number of quaternary nitrogens is 1. The molecule has 0 saturated heterocycles. The SMILES string of the molecule is CC(C)[Si](c1c(F)c(F)c([B-](c2c(F)c(F)c([Si](C(C)C)(C(C)C)C(C)C)c(F)c2F)(c2c(F)c(F)c([Si](C(C)C)(C(C)C)C(C)C)c(F)c2F)c2c(F)c(F)c([Si](C(C)C)(C(C)C)C(C)C)c(F)c2F)c(F)c1F)(C(C)C)C(C)C.C[NH+](C)c1ccccc1. The van der Waals surface area contributed by atoms with E-state index in [4.69, 9.17) is 0 Å². The fourth-order valence-corrected chi connectivity index (χ4v) is 45.6. The van der Waals surface area contributed by atoms with Crippen LogP contribution in [0.5, 0.6) is 0 Å². The molecule has 1 nitrogen and oxygen atoms in total. The Morgan fingerprint density at radius 2 is 0.367 bits per heavy atom. The van der Waals surface area contributed by atoms with E-state index in [0.717, 1.165) is 0 Å². The van der Waals surface area contributed by atoms with E-state index in [-0.39, 0.29) is 0 Å². The van der Waals surface area contributed by atoms with Gasteiger partial charge in [-0.15, -0.1) is 21.9 Å². The van der Waals surface area contributed by atoms with Gasteiger partial charge in [0, 0.05) is 20.7 Å². The van der Waals surface area contributed by atoms with Crippen LogP contribution in [0.2, 0.25) is 66.5 Å². The molecule has 0 saturated carbocycles. The van der Waals surface area contributed by atoms with E-state index in [0.29, 0.717) is 0 Å². The number of rotatable bonds is 21. The first-order chi connectivity index (χ1) is 41.2. The Bertz CT molecular complexity index is 2810. The molecule has 0 aliphatic carbocycles. The van der Waals surface area contributed by atoms with E-state index in [9.17, 15) is 0 Å². The van der Waals surface area contributed by atoms with Crippen LogP contribution in [-0.4, -0.2) is 52.5 Å². The fraction of sp³-hybridized carbons (Fsp3) is 0.559. The van der Waals surface area contributed by atoms with Gasteiger partial charge in [-0.05, 0) is 78.6 Å². The van der Waals surface area contributed by atoms with Gasteiger partial charge in [-0.25, -0.2) is 70.2 Å². The minimum atomic E-state index is -6.86. The molecule has 5 aromatic rings. The van der Waals surface area contributed by atoms with E-state index in [1.54, 1.807) is 0 Å². The molecular weight excluding hydrogens is 1260 g/mol. The second-order valence-corrected chi connectivity index (χ2v) is 52.3. The lowest BCUT2D eigenvalue weighted by Gasteiger charge is -2.49. The predicted molar refractivity (Wildman–Crippen MR) is 351 cm³/mol. The Kier molecular flexibility index (Phi) is 24.8. The van der Waals surface area contributed by atoms with E-state index in [1.807, 2.05) is 6.07 Å². The van der Waals surface area contributed by atoms with Gasteiger partial charge in [0.05, 0.1) is 14.1 Å². The molecule has 504 valence electrons. The molecule has 0 aliphatic heterocycles. The quantitative estimate of drug-likeness (QED) is 0.0424. The van der Waals surface area contributed by atoms with Crippen LogP contribution in [0, 0.1) is 93.1 Å². The Balaban J connectivity index is 0.00000176. The van der Waals surface area contributed by atoms with Crippen LogP contribution in [0.1, 0.15) is 166 Å². The van der Waals surface area contributed by atoms with Gasteiger partial charge in [-0.2, -0.15) is 0 Å². The van der Waals surface area contributed by atoms with E-state index < -0.39 is 241 Å². The summed E-state index contributed by atoms with van der Waals surface area (Å²) in [5.74, 6) is -43.6. The molecule has 0 atom stereocenters. The van der Waals surface area contributed by atoms with E-state index in [2.05, 4.69) is 38.4 Å². The van der Waals surface area contributed by atoms with Crippen LogP contribution in [0.25, 0.3) is 0 Å². The summed E-state index contributed by atoms with van der Waals surface area (Å²) in [6.07, 6.45) is -6.86. The summed E-state index contributed by atoms with van der Waals surface area (Å²) in [6.45, 7) is 35.2. The standard InChI is InChI=1S/C60H84BF16Si4.C8H11N/c1-25(2)78(26(3)4,27(5)6)57-49(70)41(62)37(42(63)50(57)71)61(38-43(64)51(72)58(52(73)44(38)65)79(28(7)8,29(9)10)30(11)12,39-45(66)53(74)59(54(75)46(39)67)80(31(13)14,32(15)16)33(17)18)40-47(68)55(76)60(56(77)48(40)69)81(34(19)20,35(21)22)36(23)24;1-9(2)8-6-4-3-5-7-8/h25-36H,1-24H3;3-7H,1-2H3/q-1;/p+1. The summed E-state index contributed by atoms with van der Waals surface area (Å²) in [5.41, 5.74) is -20.6. The lowest BCUT2D eigenvalue weighted by Crippen LogP contribution is -3.00. The van der Waals surface area contributed by atoms with Crippen molar-refractivity contribution in [3.63, 3.8) is 0 Å². The van der Waals surface area contributed by atoms with Gasteiger partial charge in [0.1, 0.15) is 90.7 Å². The van der Waals surface area contributed by atoms with Crippen LogP contribution >= 0.6 is 0 Å². The molecule has 1 N–H and O–H groups in total. The lowest BCUT2D eigenvalue weighted by atomic mass is 9.12. The van der Waals surface area contributed by atoms with Gasteiger partial charge in [0.2, 0.25) is 0 Å². The number of halogens is 16. The number of nitrogens with one attached hydrogen (secondary N) is 1. The van der Waals surface area contributed by atoms with Crippen LogP contribution in [-0.2, 0) is 0 Å². The monoisotopic (exact) mass is 1350 g/mol. The third-order valence-electron chi connectivity index (χ3n) is 21.5. The number of benzene rings is 5. The highest BCUT2D eigenvalue weighted by atomic mass is 28.3. The first-order valence-electron chi connectivity index (χ1n) is 31.7. The zero-order valence-electron chi connectivity index (χ0n) is 57.4. The van der Waals surface area contributed by atoms with Gasteiger partial charge in [-0.1, -0.05) is 184 Å². The molecule has 0 amide bonds. The van der Waals surface area contributed by atoms with Crippen molar-refractivity contribution in [1.29, 1.82) is 0 Å². The maximum Gasteiger partial charge on any atom is 0.157 e. The number of para-hydroxylation sites is 1. The minimum absolute atomic E-state index is 0.866. The van der Waals surface area contributed by atoms with Crippen LogP contribution in [0.15, 0.2) is 30.3 Å². The Morgan fingerprint density at radius 3 is 0.467 bits per heavy atom. The molecule has 0 spiro atoms. The van der Waals surface area contributed by atoms with E-state index in [1.165, 1.54) is 177 Å². The number of hydrogen-bond donors (Lipinski definition) is 1. The minimum Gasteiger partial charge on any atom is -0.307 e. The van der Waals surface area contributed by atoms with Crippen molar-refractivity contribution < 1.29 is 75.1 Å². The highest BCUT2D eigenvalue weighted by Crippen LogP contribution is 2.47. The Hall–Kier alpha value is -4.13. The molecule has 0 fully saturated rings. The molecule has 0 aliphatic rings. The summed E-state index contributed by atoms with van der Waals surface area (Å²) < 4.78 is 295. The Morgan fingerprint density at radius 1 is 0.233 bits per heavy atom. The van der Waals surface area contributed by atoms with Crippen molar-refractivity contribution in [3.8, 4) is 0 Å². The third kappa shape index (κ3) is 11.5. The van der Waals surface area contributed by atoms with Gasteiger partial charge < -0.3 is 4.90 Å². The highest BCUT2D eigenvalue weighted by molar-refractivity contribution is 7.20. The van der Waals surface area contributed by atoms with Gasteiger partial charge in [-0.3, -0.25) is 0 Å². The summed E-state index contributed by atoms with van der Waals surface area (Å²) in [5, 5.41) is -5.31. The average molecular weight is 1350 g/mol. The van der Waals surface area contributed by atoms with Crippen molar-refractivity contribution in [2.75, 3.05) is 14.1 Å². The molecular formula is C68H96BF16NSi4. The van der Waals surface area contributed by atoms with Crippen molar-refractivity contribution >= 4 is 86.7 Å². The second-order valence-electron chi connectivity index (χ2n) is 29.0. The normalized spacial score (nSPS) is 13.4. The molecule has 0 aromatic heterocycles. The van der Waals surface area contributed by atoms with Gasteiger partial charge >= 0.3 is 0 Å². The van der Waals surface area contributed by atoms with Gasteiger partial charge in [0.25, 0.3) is 0 Å². The van der Waals surface area contributed by atoms with Crippen LogP contribution in [0.4, 0.5) is 75.9 Å². The highest BCUT2D eigenvalue weighted by Gasteiger charge is 2.59. The molecule has 22 heteroatoms.